The molecule has 0 aliphatic rings. The van der Waals surface area contributed by atoms with Crippen molar-refractivity contribution in [2.75, 3.05) is 0 Å². The Morgan fingerprint density at radius 2 is 1.77 bits per heavy atom. The highest BCUT2D eigenvalue weighted by molar-refractivity contribution is 5.95. The van der Waals surface area contributed by atoms with E-state index in [4.69, 9.17) is 9.84 Å². The SMILES string of the molecule is Cc1cc(C(=O)Oc2ccccc2C(=O)O)cc(C(C)C)c1. The lowest BCUT2D eigenvalue weighted by atomic mass is 9.98. The van der Waals surface area contributed by atoms with E-state index in [1.165, 1.54) is 12.1 Å². The first-order valence-electron chi connectivity index (χ1n) is 7.04. The second-order valence-electron chi connectivity index (χ2n) is 5.48. The fourth-order valence-electron chi connectivity index (χ4n) is 2.16. The molecule has 4 nitrogen and oxygen atoms in total. The molecule has 0 aliphatic heterocycles. The van der Waals surface area contributed by atoms with Crippen molar-refractivity contribution in [1.29, 1.82) is 0 Å². The highest BCUT2D eigenvalue weighted by Gasteiger charge is 2.16. The van der Waals surface area contributed by atoms with Gasteiger partial charge in [0.2, 0.25) is 0 Å². The molecule has 0 unspecified atom stereocenters. The Morgan fingerprint density at radius 1 is 1.09 bits per heavy atom. The number of rotatable bonds is 4. The maximum atomic E-state index is 12.3. The fraction of sp³-hybridized carbons (Fsp3) is 0.222. The molecule has 0 bridgehead atoms. The molecule has 2 rings (SSSR count). The van der Waals surface area contributed by atoms with Crippen LogP contribution in [0.25, 0.3) is 0 Å². The van der Waals surface area contributed by atoms with Crippen molar-refractivity contribution in [2.24, 2.45) is 0 Å². The van der Waals surface area contributed by atoms with Crippen molar-refractivity contribution in [3.05, 3.63) is 64.7 Å². The molecule has 0 amide bonds. The molecule has 1 N–H and O–H groups in total. The van der Waals surface area contributed by atoms with Gasteiger partial charge >= 0.3 is 11.9 Å². The van der Waals surface area contributed by atoms with E-state index < -0.39 is 11.9 Å². The first kappa shape index (κ1) is 15.8. The Hall–Kier alpha value is -2.62. The summed E-state index contributed by atoms with van der Waals surface area (Å²) in [5.74, 6) is -1.35. The number of esters is 1. The topological polar surface area (TPSA) is 63.6 Å². The van der Waals surface area contributed by atoms with Crippen LogP contribution in [0.2, 0.25) is 0 Å². The number of para-hydroxylation sites is 1. The number of carbonyl (C=O) groups excluding carboxylic acids is 1. The molecule has 0 saturated heterocycles. The van der Waals surface area contributed by atoms with Gasteiger partial charge < -0.3 is 9.84 Å². The first-order valence-corrected chi connectivity index (χ1v) is 7.04. The zero-order chi connectivity index (χ0) is 16.3. The van der Waals surface area contributed by atoms with E-state index in [-0.39, 0.29) is 17.2 Å². The van der Waals surface area contributed by atoms with Gasteiger partial charge in [-0.05, 0) is 48.2 Å². The summed E-state index contributed by atoms with van der Waals surface area (Å²) in [4.78, 5) is 23.4. The third-order valence-corrected chi connectivity index (χ3v) is 3.32. The van der Waals surface area contributed by atoms with Gasteiger partial charge in [0.15, 0.2) is 0 Å². The second-order valence-corrected chi connectivity index (χ2v) is 5.48. The number of ether oxygens (including phenoxy) is 1. The van der Waals surface area contributed by atoms with Crippen LogP contribution in [0.1, 0.15) is 51.6 Å². The summed E-state index contributed by atoms with van der Waals surface area (Å²) in [7, 11) is 0. The molecule has 0 spiro atoms. The van der Waals surface area contributed by atoms with Gasteiger partial charge in [0.25, 0.3) is 0 Å². The minimum atomic E-state index is -1.13. The Morgan fingerprint density at radius 3 is 2.41 bits per heavy atom. The van der Waals surface area contributed by atoms with Gasteiger partial charge in [-0.2, -0.15) is 0 Å². The van der Waals surface area contributed by atoms with Crippen LogP contribution < -0.4 is 4.74 Å². The van der Waals surface area contributed by atoms with Crippen molar-refractivity contribution in [1.82, 2.24) is 0 Å². The second kappa shape index (κ2) is 6.43. The molecule has 0 radical (unpaired) electrons. The first-order chi connectivity index (χ1) is 10.4. The predicted molar refractivity (Wildman–Crippen MR) is 83.6 cm³/mol. The van der Waals surface area contributed by atoms with Crippen molar-refractivity contribution in [3.63, 3.8) is 0 Å². The fourth-order valence-corrected chi connectivity index (χ4v) is 2.16. The lowest BCUT2D eigenvalue weighted by Crippen LogP contribution is -2.12. The number of benzene rings is 2. The van der Waals surface area contributed by atoms with E-state index in [0.29, 0.717) is 5.56 Å². The number of carbonyl (C=O) groups is 2. The van der Waals surface area contributed by atoms with Gasteiger partial charge in [0.05, 0.1) is 5.56 Å². The van der Waals surface area contributed by atoms with Crippen molar-refractivity contribution in [2.45, 2.75) is 26.7 Å². The minimum Gasteiger partial charge on any atom is -0.478 e. The molecule has 2 aromatic carbocycles. The molecular formula is C18H18O4. The molecule has 114 valence electrons. The summed E-state index contributed by atoms with van der Waals surface area (Å²) in [5.41, 5.74) is 2.39. The van der Waals surface area contributed by atoms with Crippen LogP contribution in [0.3, 0.4) is 0 Å². The van der Waals surface area contributed by atoms with Gasteiger partial charge in [-0.15, -0.1) is 0 Å². The quantitative estimate of drug-likeness (QED) is 0.683. The summed E-state index contributed by atoms with van der Waals surface area (Å²) in [5, 5.41) is 9.12. The minimum absolute atomic E-state index is 0.0346. The summed E-state index contributed by atoms with van der Waals surface area (Å²) in [6, 6.07) is 11.6. The summed E-state index contributed by atoms with van der Waals surface area (Å²) in [6.07, 6.45) is 0. The monoisotopic (exact) mass is 298 g/mol. The van der Waals surface area contributed by atoms with Crippen molar-refractivity contribution < 1.29 is 19.4 Å². The highest BCUT2D eigenvalue weighted by Crippen LogP contribution is 2.22. The molecule has 0 atom stereocenters. The smallest absolute Gasteiger partial charge is 0.343 e. The van der Waals surface area contributed by atoms with Crippen LogP contribution in [0, 0.1) is 6.92 Å². The van der Waals surface area contributed by atoms with E-state index in [2.05, 4.69) is 0 Å². The molecule has 22 heavy (non-hydrogen) atoms. The van der Waals surface area contributed by atoms with Gasteiger partial charge in [0, 0.05) is 0 Å². The van der Waals surface area contributed by atoms with Crippen LogP contribution in [-0.2, 0) is 0 Å². The zero-order valence-corrected chi connectivity index (χ0v) is 12.8. The maximum absolute atomic E-state index is 12.3. The molecule has 0 saturated carbocycles. The van der Waals surface area contributed by atoms with E-state index in [1.54, 1.807) is 24.3 Å². The molecule has 4 heteroatoms. The number of hydrogen-bond acceptors (Lipinski definition) is 3. The lowest BCUT2D eigenvalue weighted by Gasteiger charge is -2.11. The number of aryl methyl sites for hydroxylation is 1. The number of hydrogen-bond donors (Lipinski definition) is 1. The van der Waals surface area contributed by atoms with Gasteiger partial charge in [-0.1, -0.05) is 32.0 Å². The van der Waals surface area contributed by atoms with Crippen LogP contribution >= 0.6 is 0 Å². The van der Waals surface area contributed by atoms with Gasteiger partial charge in [-0.3, -0.25) is 0 Å². The molecular weight excluding hydrogens is 280 g/mol. The van der Waals surface area contributed by atoms with Gasteiger partial charge in [-0.25, -0.2) is 9.59 Å². The van der Waals surface area contributed by atoms with E-state index in [0.717, 1.165) is 11.1 Å². The lowest BCUT2D eigenvalue weighted by molar-refractivity contribution is 0.0681. The Kier molecular flexibility index (Phi) is 4.61. The average Bonchev–Trinajstić information content (AvgIpc) is 2.46. The third kappa shape index (κ3) is 3.52. The number of carboxylic acids is 1. The van der Waals surface area contributed by atoms with Crippen molar-refractivity contribution in [3.8, 4) is 5.75 Å². The molecule has 0 aliphatic carbocycles. The molecule has 2 aromatic rings. The summed E-state index contributed by atoms with van der Waals surface area (Å²) >= 11 is 0. The standard InChI is InChI=1S/C18H18O4/c1-11(2)13-8-12(3)9-14(10-13)18(21)22-16-7-5-4-6-15(16)17(19)20/h4-11H,1-3H3,(H,19,20). The summed E-state index contributed by atoms with van der Waals surface area (Å²) in [6.45, 7) is 6.00. The maximum Gasteiger partial charge on any atom is 0.343 e. The summed E-state index contributed by atoms with van der Waals surface area (Å²) < 4.78 is 5.26. The zero-order valence-electron chi connectivity index (χ0n) is 12.8. The van der Waals surface area contributed by atoms with Crippen LogP contribution in [0.15, 0.2) is 42.5 Å². The average molecular weight is 298 g/mol. The Bertz CT molecular complexity index is 717. The number of carboxylic acid groups (broad SMARTS) is 1. The van der Waals surface area contributed by atoms with Gasteiger partial charge in [0.1, 0.15) is 11.3 Å². The van der Waals surface area contributed by atoms with E-state index in [9.17, 15) is 9.59 Å². The van der Waals surface area contributed by atoms with Crippen molar-refractivity contribution >= 4 is 11.9 Å². The Balaban J connectivity index is 2.32. The number of aromatic carboxylic acids is 1. The molecule has 0 heterocycles. The van der Waals surface area contributed by atoms with Crippen LogP contribution in [0.4, 0.5) is 0 Å². The highest BCUT2D eigenvalue weighted by atomic mass is 16.5. The predicted octanol–water partition coefficient (Wildman–Crippen LogP) is 4.04. The molecule has 0 fully saturated rings. The Labute approximate surface area is 129 Å². The van der Waals surface area contributed by atoms with E-state index in [1.807, 2.05) is 26.8 Å². The molecule has 0 aromatic heterocycles. The largest absolute Gasteiger partial charge is 0.478 e. The van der Waals surface area contributed by atoms with Crippen LogP contribution in [0.5, 0.6) is 5.75 Å². The normalized spacial score (nSPS) is 10.5. The van der Waals surface area contributed by atoms with Crippen LogP contribution in [-0.4, -0.2) is 17.0 Å². The van der Waals surface area contributed by atoms with E-state index >= 15 is 0 Å². The third-order valence-electron chi connectivity index (χ3n) is 3.32.